The molecule has 1 unspecified atom stereocenters. The van der Waals surface area contributed by atoms with E-state index in [9.17, 15) is 18.0 Å². The summed E-state index contributed by atoms with van der Waals surface area (Å²) in [6.07, 6.45) is 5.60. The van der Waals surface area contributed by atoms with E-state index in [1.165, 1.54) is 4.90 Å². The molecule has 1 saturated carbocycles. The number of nitrogens with zero attached hydrogens (tertiary/aromatic N) is 2. The van der Waals surface area contributed by atoms with Gasteiger partial charge < -0.3 is 10.2 Å². The topological polar surface area (TPSA) is 86.8 Å². The maximum absolute atomic E-state index is 13.8. The minimum absolute atomic E-state index is 0.0855. The molecule has 0 spiro atoms. The van der Waals surface area contributed by atoms with Crippen LogP contribution in [0.3, 0.4) is 0 Å². The van der Waals surface area contributed by atoms with Gasteiger partial charge in [0.25, 0.3) is 0 Å². The summed E-state index contributed by atoms with van der Waals surface area (Å²) in [5.74, 6) is -0.596. The van der Waals surface area contributed by atoms with Crippen molar-refractivity contribution in [1.29, 1.82) is 0 Å². The van der Waals surface area contributed by atoms with Gasteiger partial charge in [-0.15, -0.1) is 0 Å². The Morgan fingerprint density at radius 2 is 1.59 bits per heavy atom. The lowest BCUT2D eigenvalue weighted by atomic mass is 9.87. The van der Waals surface area contributed by atoms with Crippen LogP contribution in [0.5, 0.6) is 0 Å². The number of rotatable bonds is 10. The lowest BCUT2D eigenvalue weighted by Crippen LogP contribution is -2.53. The largest absolute Gasteiger partial charge is 0.352 e. The lowest BCUT2D eigenvalue weighted by molar-refractivity contribution is -0.140. The number of hydrogen-bond acceptors (Lipinski definition) is 4. The molecule has 1 aliphatic carbocycles. The smallest absolute Gasteiger partial charge is 0.244 e. The first-order valence-electron chi connectivity index (χ1n) is 13.1. The van der Waals surface area contributed by atoms with Crippen molar-refractivity contribution in [3.8, 4) is 0 Å². The fraction of sp³-hybridized carbons (Fsp3) is 0.517. The van der Waals surface area contributed by atoms with Crippen molar-refractivity contribution < 1.29 is 18.0 Å². The number of benzene rings is 2. The van der Waals surface area contributed by atoms with E-state index in [4.69, 9.17) is 0 Å². The highest BCUT2D eigenvalue weighted by Gasteiger charge is 2.33. The lowest BCUT2D eigenvalue weighted by Gasteiger charge is -2.33. The van der Waals surface area contributed by atoms with Gasteiger partial charge in [0, 0.05) is 12.6 Å². The average molecular weight is 528 g/mol. The first-order chi connectivity index (χ1) is 17.4. The Morgan fingerprint density at radius 1 is 1.00 bits per heavy atom. The zero-order chi connectivity index (χ0) is 27.2. The van der Waals surface area contributed by atoms with Crippen LogP contribution in [0.1, 0.15) is 70.9 Å². The Labute approximate surface area is 222 Å². The number of amides is 2. The van der Waals surface area contributed by atoms with E-state index in [2.05, 4.69) is 26.1 Å². The summed E-state index contributed by atoms with van der Waals surface area (Å²) in [6, 6.07) is 16.2. The van der Waals surface area contributed by atoms with E-state index in [1.807, 2.05) is 49.4 Å². The van der Waals surface area contributed by atoms with E-state index in [0.717, 1.165) is 47.4 Å². The molecule has 1 N–H and O–H groups in total. The van der Waals surface area contributed by atoms with E-state index < -0.39 is 22.0 Å². The van der Waals surface area contributed by atoms with Crippen molar-refractivity contribution in [2.75, 3.05) is 17.1 Å². The Kier molecular flexibility index (Phi) is 9.40. The molecule has 0 radical (unpaired) electrons. The van der Waals surface area contributed by atoms with Gasteiger partial charge in [0.05, 0.1) is 11.9 Å². The maximum Gasteiger partial charge on any atom is 0.244 e. The number of carbonyl (C=O) groups is 2. The third-order valence-corrected chi connectivity index (χ3v) is 8.12. The molecule has 1 fully saturated rings. The SMILES string of the molecule is CCC(C(=O)NC1CCCC1)N(Cc1ccccc1)C(=O)CN(c1ccc(C(C)(C)C)cc1)S(C)(=O)=O. The second-order valence-corrected chi connectivity index (χ2v) is 12.9. The summed E-state index contributed by atoms with van der Waals surface area (Å²) in [7, 11) is -3.75. The normalized spacial score (nSPS) is 15.3. The van der Waals surface area contributed by atoms with Crippen molar-refractivity contribution in [2.45, 2.75) is 83.8 Å². The van der Waals surface area contributed by atoms with Gasteiger partial charge >= 0.3 is 0 Å². The van der Waals surface area contributed by atoms with E-state index in [1.54, 1.807) is 12.1 Å². The molecular weight excluding hydrogens is 486 g/mol. The molecule has 1 atom stereocenters. The van der Waals surface area contributed by atoms with Crippen molar-refractivity contribution >= 4 is 27.5 Å². The average Bonchev–Trinajstić information content (AvgIpc) is 3.34. The van der Waals surface area contributed by atoms with Crippen molar-refractivity contribution in [1.82, 2.24) is 10.2 Å². The van der Waals surface area contributed by atoms with Crippen LogP contribution in [0.15, 0.2) is 54.6 Å². The number of hydrogen-bond donors (Lipinski definition) is 1. The quantitative estimate of drug-likeness (QED) is 0.489. The van der Waals surface area contributed by atoms with Crippen LogP contribution in [-0.2, 0) is 31.6 Å². The minimum atomic E-state index is -3.75. The molecular formula is C29H41N3O4S. The van der Waals surface area contributed by atoms with Crippen molar-refractivity contribution in [2.24, 2.45) is 0 Å². The molecule has 37 heavy (non-hydrogen) atoms. The van der Waals surface area contributed by atoms with Crippen LogP contribution in [0.4, 0.5) is 5.69 Å². The predicted octanol–water partition coefficient (Wildman–Crippen LogP) is 4.62. The van der Waals surface area contributed by atoms with Gasteiger partial charge in [0.2, 0.25) is 21.8 Å². The number of anilines is 1. The number of nitrogens with one attached hydrogen (secondary N) is 1. The molecule has 202 valence electrons. The first kappa shape index (κ1) is 28.7. The molecule has 1 aliphatic rings. The molecule has 2 amide bonds. The third kappa shape index (κ3) is 7.81. The van der Waals surface area contributed by atoms with Crippen LogP contribution >= 0.6 is 0 Å². The summed E-state index contributed by atoms with van der Waals surface area (Å²) in [5, 5.41) is 3.12. The van der Waals surface area contributed by atoms with Gasteiger partial charge in [-0.2, -0.15) is 0 Å². The summed E-state index contributed by atoms with van der Waals surface area (Å²) in [4.78, 5) is 28.6. The molecule has 0 heterocycles. The highest BCUT2D eigenvalue weighted by atomic mass is 32.2. The molecule has 0 aliphatic heterocycles. The Bertz CT molecular complexity index is 1150. The molecule has 0 saturated heterocycles. The standard InChI is InChI=1S/C29H41N3O4S/c1-6-26(28(34)30-24-14-10-11-15-24)31(20-22-12-8-7-9-13-22)27(33)21-32(37(5,35)36)25-18-16-23(17-19-25)29(2,3)4/h7-9,12-13,16-19,24,26H,6,10-11,14-15,20-21H2,1-5H3,(H,30,34). The maximum atomic E-state index is 13.8. The minimum Gasteiger partial charge on any atom is -0.352 e. The van der Waals surface area contributed by atoms with Crippen LogP contribution in [0.2, 0.25) is 0 Å². The molecule has 0 bridgehead atoms. The van der Waals surface area contributed by atoms with Crippen LogP contribution < -0.4 is 9.62 Å². The molecule has 3 rings (SSSR count). The van der Waals surface area contributed by atoms with Gasteiger partial charge in [-0.1, -0.05) is 83.0 Å². The molecule has 8 heteroatoms. The second-order valence-electron chi connectivity index (χ2n) is 11.0. The van der Waals surface area contributed by atoms with E-state index >= 15 is 0 Å². The zero-order valence-corrected chi connectivity index (χ0v) is 23.6. The molecule has 7 nitrogen and oxygen atoms in total. The van der Waals surface area contributed by atoms with Crippen LogP contribution in [0.25, 0.3) is 0 Å². The number of sulfonamides is 1. The Morgan fingerprint density at radius 3 is 2.11 bits per heavy atom. The highest BCUT2D eigenvalue weighted by molar-refractivity contribution is 7.92. The van der Waals surface area contributed by atoms with E-state index in [0.29, 0.717) is 12.1 Å². The fourth-order valence-corrected chi connectivity index (χ4v) is 5.66. The third-order valence-electron chi connectivity index (χ3n) is 6.98. The highest BCUT2D eigenvalue weighted by Crippen LogP contribution is 2.26. The Balaban J connectivity index is 1.90. The molecule has 0 aromatic heterocycles. The van der Waals surface area contributed by atoms with Gasteiger partial charge in [0.15, 0.2) is 0 Å². The molecule has 2 aromatic rings. The van der Waals surface area contributed by atoms with Crippen LogP contribution in [0, 0.1) is 0 Å². The molecule has 2 aromatic carbocycles. The predicted molar refractivity (Wildman–Crippen MR) is 149 cm³/mol. The summed E-state index contributed by atoms with van der Waals surface area (Å²) in [5.41, 5.74) is 2.28. The van der Waals surface area contributed by atoms with Gasteiger partial charge in [-0.25, -0.2) is 8.42 Å². The summed E-state index contributed by atoms with van der Waals surface area (Å²) >= 11 is 0. The van der Waals surface area contributed by atoms with Gasteiger partial charge in [-0.05, 0) is 47.9 Å². The van der Waals surface area contributed by atoms with Crippen molar-refractivity contribution in [3.63, 3.8) is 0 Å². The van der Waals surface area contributed by atoms with Crippen LogP contribution in [-0.4, -0.2) is 50.0 Å². The van der Waals surface area contributed by atoms with Gasteiger partial charge in [0.1, 0.15) is 12.6 Å². The monoisotopic (exact) mass is 527 g/mol. The van der Waals surface area contributed by atoms with E-state index in [-0.39, 0.29) is 30.5 Å². The second kappa shape index (κ2) is 12.1. The van der Waals surface area contributed by atoms with Crippen molar-refractivity contribution in [3.05, 3.63) is 65.7 Å². The van der Waals surface area contributed by atoms with Gasteiger partial charge in [-0.3, -0.25) is 13.9 Å². The number of carbonyl (C=O) groups excluding carboxylic acids is 2. The fourth-order valence-electron chi connectivity index (χ4n) is 4.81. The summed E-state index contributed by atoms with van der Waals surface area (Å²) in [6.45, 7) is 7.97. The zero-order valence-electron chi connectivity index (χ0n) is 22.7. The summed E-state index contributed by atoms with van der Waals surface area (Å²) < 4.78 is 26.7. The first-order valence-corrected chi connectivity index (χ1v) is 15.0. The Hall–Kier alpha value is -2.87.